The molecule has 1 amide bonds. The summed E-state index contributed by atoms with van der Waals surface area (Å²) in [5, 5.41) is 0. The van der Waals surface area contributed by atoms with Gasteiger partial charge in [0.05, 0.1) is 6.61 Å². The molecule has 1 unspecified atom stereocenters. The predicted octanol–water partition coefficient (Wildman–Crippen LogP) is 1.95. The van der Waals surface area contributed by atoms with E-state index in [9.17, 15) is 27.6 Å². The Morgan fingerprint density at radius 3 is 2.60 bits per heavy atom. The van der Waals surface area contributed by atoms with Crippen LogP contribution < -0.4 is 0 Å². The van der Waals surface area contributed by atoms with Gasteiger partial charge in [0.15, 0.2) is 0 Å². The van der Waals surface area contributed by atoms with Crippen LogP contribution in [0.5, 0.6) is 0 Å². The quantitative estimate of drug-likeness (QED) is 0.587. The molecule has 1 fully saturated rings. The number of carbonyl (C=O) groups is 3. The maximum absolute atomic E-state index is 12.3. The van der Waals surface area contributed by atoms with Crippen molar-refractivity contribution in [2.45, 2.75) is 32.4 Å². The van der Waals surface area contributed by atoms with Gasteiger partial charge in [0, 0.05) is 19.5 Å². The largest absolute Gasteiger partial charge is 0.450 e. The SMILES string of the molecule is CCCCOC(=O)N1CCC(=O)C(C(=O)C(F)(F)F)C1. The number of nitrogens with zero attached hydrogens (tertiary/aromatic N) is 1. The summed E-state index contributed by atoms with van der Waals surface area (Å²) >= 11 is 0. The predicted molar refractivity (Wildman–Crippen MR) is 62.0 cm³/mol. The van der Waals surface area contributed by atoms with Crippen molar-refractivity contribution < 1.29 is 32.3 Å². The van der Waals surface area contributed by atoms with Crippen LogP contribution >= 0.6 is 0 Å². The molecule has 0 saturated carbocycles. The van der Waals surface area contributed by atoms with Crippen molar-refractivity contribution in [3.8, 4) is 0 Å². The van der Waals surface area contributed by atoms with Crippen molar-refractivity contribution in [1.29, 1.82) is 0 Å². The Balaban J connectivity index is 2.64. The smallest absolute Gasteiger partial charge is 0.449 e. The molecule has 1 heterocycles. The van der Waals surface area contributed by atoms with Gasteiger partial charge >= 0.3 is 12.3 Å². The second-order valence-electron chi connectivity index (χ2n) is 4.54. The van der Waals surface area contributed by atoms with E-state index in [1.807, 2.05) is 6.92 Å². The van der Waals surface area contributed by atoms with Crippen LogP contribution in [-0.4, -0.2) is 48.4 Å². The number of carbonyl (C=O) groups excluding carboxylic acids is 3. The number of rotatable bonds is 4. The molecule has 1 aliphatic heterocycles. The molecule has 0 spiro atoms. The van der Waals surface area contributed by atoms with Gasteiger partial charge in [-0.1, -0.05) is 13.3 Å². The van der Waals surface area contributed by atoms with Gasteiger partial charge in [-0.2, -0.15) is 13.2 Å². The number of alkyl halides is 3. The monoisotopic (exact) mass is 295 g/mol. The first-order chi connectivity index (χ1) is 9.27. The first-order valence-electron chi connectivity index (χ1n) is 6.32. The van der Waals surface area contributed by atoms with Gasteiger partial charge in [-0.15, -0.1) is 0 Å². The molecule has 114 valence electrons. The van der Waals surface area contributed by atoms with E-state index in [1.54, 1.807) is 0 Å². The number of hydrogen-bond donors (Lipinski definition) is 0. The number of piperidine rings is 1. The highest BCUT2D eigenvalue weighted by Crippen LogP contribution is 2.25. The summed E-state index contributed by atoms with van der Waals surface area (Å²) < 4.78 is 41.9. The summed E-state index contributed by atoms with van der Waals surface area (Å²) in [6.45, 7) is 1.47. The van der Waals surface area contributed by atoms with E-state index in [1.165, 1.54) is 0 Å². The van der Waals surface area contributed by atoms with Crippen molar-refractivity contribution in [3.63, 3.8) is 0 Å². The molecule has 0 aromatic carbocycles. The average molecular weight is 295 g/mol. The van der Waals surface area contributed by atoms with E-state index >= 15 is 0 Å². The summed E-state index contributed by atoms with van der Waals surface area (Å²) in [6.07, 6.45) is -4.68. The van der Waals surface area contributed by atoms with E-state index in [0.717, 1.165) is 11.3 Å². The zero-order valence-electron chi connectivity index (χ0n) is 11.0. The molecule has 1 atom stereocenters. The van der Waals surface area contributed by atoms with Gasteiger partial charge in [-0.3, -0.25) is 9.59 Å². The fourth-order valence-corrected chi connectivity index (χ4v) is 1.82. The fraction of sp³-hybridized carbons (Fsp3) is 0.750. The minimum atomic E-state index is -5.07. The molecule has 1 saturated heterocycles. The zero-order chi connectivity index (χ0) is 15.3. The highest BCUT2D eigenvalue weighted by atomic mass is 19.4. The molecular weight excluding hydrogens is 279 g/mol. The average Bonchev–Trinajstić information content (AvgIpc) is 2.37. The molecule has 0 bridgehead atoms. The lowest BCUT2D eigenvalue weighted by molar-refractivity contribution is -0.178. The molecule has 8 heteroatoms. The van der Waals surface area contributed by atoms with Gasteiger partial charge < -0.3 is 9.64 Å². The van der Waals surface area contributed by atoms with Crippen LogP contribution in [0.1, 0.15) is 26.2 Å². The Morgan fingerprint density at radius 2 is 2.05 bits per heavy atom. The fourth-order valence-electron chi connectivity index (χ4n) is 1.82. The molecule has 0 aliphatic carbocycles. The minimum absolute atomic E-state index is 0.0224. The lowest BCUT2D eigenvalue weighted by atomic mass is 9.92. The number of hydrogen-bond acceptors (Lipinski definition) is 4. The second kappa shape index (κ2) is 6.71. The first kappa shape index (κ1) is 16.5. The van der Waals surface area contributed by atoms with Gasteiger partial charge in [0.1, 0.15) is 11.7 Å². The lowest BCUT2D eigenvalue weighted by Gasteiger charge is -2.30. The summed E-state index contributed by atoms with van der Waals surface area (Å²) in [4.78, 5) is 35.1. The number of unbranched alkanes of at least 4 members (excludes halogenated alkanes) is 1. The molecule has 20 heavy (non-hydrogen) atoms. The van der Waals surface area contributed by atoms with Crippen molar-refractivity contribution in [2.75, 3.05) is 19.7 Å². The molecule has 0 radical (unpaired) electrons. The third kappa shape index (κ3) is 4.21. The molecule has 1 aliphatic rings. The number of likely N-dealkylation sites (tertiary alicyclic amines) is 1. The van der Waals surface area contributed by atoms with E-state index in [2.05, 4.69) is 0 Å². The molecule has 0 N–H and O–H groups in total. The molecule has 5 nitrogen and oxygen atoms in total. The Labute approximate surface area is 114 Å². The Hall–Kier alpha value is -1.60. The van der Waals surface area contributed by atoms with Crippen LogP contribution in [0.4, 0.5) is 18.0 Å². The van der Waals surface area contributed by atoms with Crippen LogP contribution in [-0.2, 0) is 14.3 Å². The Morgan fingerprint density at radius 1 is 1.40 bits per heavy atom. The normalized spacial score (nSPS) is 19.9. The Kier molecular flexibility index (Phi) is 5.52. The van der Waals surface area contributed by atoms with Crippen LogP contribution in [0.15, 0.2) is 0 Å². The second-order valence-corrected chi connectivity index (χ2v) is 4.54. The van der Waals surface area contributed by atoms with Crippen LogP contribution in [0.3, 0.4) is 0 Å². The molecule has 0 aromatic heterocycles. The van der Waals surface area contributed by atoms with E-state index < -0.39 is 36.3 Å². The molecule has 1 rings (SSSR count). The summed E-state index contributed by atoms with van der Waals surface area (Å²) in [6, 6.07) is 0. The Bertz CT molecular complexity index is 395. The van der Waals surface area contributed by atoms with E-state index in [-0.39, 0.29) is 19.6 Å². The summed E-state index contributed by atoms with van der Waals surface area (Å²) in [5.41, 5.74) is 0. The van der Waals surface area contributed by atoms with Crippen molar-refractivity contribution in [3.05, 3.63) is 0 Å². The van der Waals surface area contributed by atoms with Gasteiger partial charge in [0.2, 0.25) is 5.78 Å². The van der Waals surface area contributed by atoms with Crippen molar-refractivity contribution in [1.82, 2.24) is 4.90 Å². The van der Waals surface area contributed by atoms with E-state index in [4.69, 9.17) is 4.74 Å². The minimum Gasteiger partial charge on any atom is -0.449 e. The number of Topliss-reactive ketones (excluding diaryl/α,β-unsaturated/α-hetero) is 2. The van der Waals surface area contributed by atoms with Crippen molar-refractivity contribution >= 4 is 17.7 Å². The number of ketones is 2. The van der Waals surface area contributed by atoms with Gasteiger partial charge in [-0.05, 0) is 6.42 Å². The maximum Gasteiger partial charge on any atom is 0.450 e. The first-order valence-corrected chi connectivity index (χ1v) is 6.32. The maximum atomic E-state index is 12.3. The third-order valence-electron chi connectivity index (χ3n) is 3.00. The number of amides is 1. The van der Waals surface area contributed by atoms with Crippen molar-refractivity contribution in [2.24, 2.45) is 5.92 Å². The lowest BCUT2D eigenvalue weighted by Crippen LogP contribution is -2.50. The van der Waals surface area contributed by atoms with Crippen LogP contribution in [0.25, 0.3) is 0 Å². The number of halogens is 3. The zero-order valence-corrected chi connectivity index (χ0v) is 11.0. The standard InChI is InChI=1S/C12H16F3NO4/c1-2-3-6-20-11(19)16-5-4-9(17)8(7-16)10(18)12(13,14)15/h8H,2-7H2,1H3. The highest BCUT2D eigenvalue weighted by molar-refractivity contribution is 6.05. The highest BCUT2D eigenvalue weighted by Gasteiger charge is 2.48. The van der Waals surface area contributed by atoms with Gasteiger partial charge in [-0.25, -0.2) is 4.79 Å². The number of ether oxygens (including phenoxy) is 1. The van der Waals surface area contributed by atoms with Crippen LogP contribution in [0.2, 0.25) is 0 Å². The summed E-state index contributed by atoms with van der Waals surface area (Å²) in [5.74, 6) is -4.72. The third-order valence-corrected chi connectivity index (χ3v) is 3.00. The molecule has 0 aromatic rings. The topological polar surface area (TPSA) is 63.7 Å². The van der Waals surface area contributed by atoms with Crippen LogP contribution in [0, 0.1) is 5.92 Å². The van der Waals surface area contributed by atoms with E-state index in [0.29, 0.717) is 6.42 Å². The van der Waals surface area contributed by atoms with Gasteiger partial charge in [0.25, 0.3) is 0 Å². The molecular formula is C12H16F3NO4. The summed E-state index contributed by atoms with van der Waals surface area (Å²) in [7, 11) is 0.